The van der Waals surface area contributed by atoms with Crippen LogP contribution in [0, 0.1) is 5.92 Å². The maximum absolute atomic E-state index is 11.4. The number of hydrogen-bond donors (Lipinski definition) is 3. The summed E-state index contributed by atoms with van der Waals surface area (Å²) < 4.78 is 5.25. The van der Waals surface area contributed by atoms with Crippen molar-refractivity contribution in [3.63, 3.8) is 0 Å². The van der Waals surface area contributed by atoms with Gasteiger partial charge in [0.2, 0.25) is 0 Å². The van der Waals surface area contributed by atoms with Gasteiger partial charge in [-0.2, -0.15) is 0 Å². The Bertz CT molecular complexity index is 267. The van der Waals surface area contributed by atoms with E-state index in [-0.39, 0.29) is 12.0 Å². The van der Waals surface area contributed by atoms with Gasteiger partial charge in [0.15, 0.2) is 0 Å². The number of carbonyl (C=O) groups excluding carboxylic acids is 1. The highest BCUT2D eigenvalue weighted by Crippen LogP contribution is 2.04. The molecule has 0 aromatic carbocycles. The SMILES string of the molecule is CC(C)CC(NC(=O)NCCOC(C)C)C(=O)O. The Labute approximate surface area is 108 Å². The van der Waals surface area contributed by atoms with Crippen LogP contribution in [0.3, 0.4) is 0 Å². The summed E-state index contributed by atoms with van der Waals surface area (Å²) in [5, 5.41) is 13.9. The van der Waals surface area contributed by atoms with Crippen LogP contribution in [0.2, 0.25) is 0 Å². The summed E-state index contributed by atoms with van der Waals surface area (Å²) in [6.07, 6.45) is 0.521. The number of urea groups is 1. The van der Waals surface area contributed by atoms with Gasteiger partial charge in [-0.25, -0.2) is 9.59 Å². The number of hydrogen-bond acceptors (Lipinski definition) is 3. The molecule has 0 aromatic heterocycles. The zero-order valence-electron chi connectivity index (χ0n) is 11.5. The van der Waals surface area contributed by atoms with Gasteiger partial charge in [-0.15, -0.1) is 0 Å². The molecule has 0 saturated carbocycles. The molecule has 0 saturated heterocycles. The second kappa shape index (κ2) is 8.74. The molecular weight excluding hydrogens is 236 g/mol. The molecule has 106 valence electrons. The van der Waals surface area contributed by atoms with E-state index >= 15 is 0 Å². The Balaban J connectivity index is 3.92. The maximum Gasteiger partial charge on any atom is 0.326 e. The Kier molecular flexibility index (Phi) is 8.11. The molecule has 1 unspecified atom stereocenters. The van der Waals surface area contributed by atoms with Crippen molar-refractivity contribution in [2.75, 3.05) is 13.2 Å². The Hall–Kier alpha value is -1.30. The van der Waals surface area contributed by atoms with E-state index in [2.05, 4.69) is 10.6 Å². The number of carboxylic acids is 1. The molecule has 0 bridgehead atoms. The first-order chi connectivity index (χ1) is 8.32. The number of carbonyl (C=O) groups is 2. The normalized spacial score (nSPS) is 12.6. The zero-order chi connectivity index (χ0) is 14.1. The van der Waals surface area contributed by atoms with Crippen molar-refractivity contribution in [3.8, 4) is 0 Å². The van der Waals surface area contributed by atoms with Gasteiger partial charge in [-0.05, 0) is 26.2 Å². The van der Waals surface area contributed by atoms with Crippen LogP contribution in [0.1, 0.15) is 34.1 Å². The molecule has 0 spiro atoms. The van der Waals surface area contributed by atoms with Gasteiger partial charge >= 0.3 is 12.0 Å². The minimum absolute atomic E-state index is 0.113. The summed E-state index contributed by atoms with van der Waals surface area (Å²) in [7, 11) is 0. The zero-order valence-corrected chi connectivity index (χ0v) is 11.5. The topological polar surface area (TPSA) is 87.7 Å². The molecule has 6 nitrogen and oxygen atoms in total. The summed E-state index contributed by atoms with van der Waals surface area (Å²) in [6.45, 7) is 8.40. The molecule has 0 fully saturated rings. The molecule has 3 N–H and O–H groups in total. The van der Waals surface area contributed by atoms with Crippen LogP contribution in [0.4, 0.5) is 4.79 Å². The van der Waals surface area contributed by atoms with Crippen LogP contribution in [0.15, 0.2) is 0 Å². The third kappa shape index (κ3) is 8.81. The fourth-order valence-corrected chi connectivity index (χ4v) is 1.36. The Morgan fingerprint density at radius 1 is 1.22 bits per heavy atom. The van der Waals surface area contributed by atoms with Crippen molar-refractivity contribution in [2.45, 2.75) is 46.3 Å². The van der Waals surface area contributed by atoms with E-state index in [9.17, 15) is 9.59 Å². The predicted molar refractivity (Wildman–Crippen MR) is 68.5 cm³/mol. The van der Waals surface area contributed by atoms with Gasteiger partial charge in [0.1, 0.15) is 6.04 Å². The fourth-order valence-electron chi connectivity index (χ4n) is 1.36. The van der Waals surface area contributed by atoms with Crippen molar-refractivity contribution in [1.29, 1.82) is 0 Å². The van der Waals surface area contributed by atoms with Crippen molar-refractivity contribution >= 4 is 12.0 Å². The molecule has 18 heavy (non-hydrogen) atoms. The second-order valence-electron chi connectivity index (χ2n) is 4.84. The van der Waals surface area contributed by atoms with Crippen molar-refractivity contribution in [1.82, 2.24) is 10.6 Å². The molecule has 0 heterocycles. The third-order valence-electron chi connectivity index (χ3n) is 2.15. The van der Waals surface area contributed by atoms with E-state index in [0.717, 1.165) is 0 Å². The van der Waals surface area contributed by atoms with E-state index < -0.39 is 18.0 Å². The first-order valence-electron chi connectivity index (χ1n) is 6.21. The van der Waals surface area contributed by atoms with E-state index in [1.807, 2.05) is 27.7 Å². The number of aliphatic carboxylic acids is 1. The van der Waals surface area contributed by atoms with Crippen LogP contribution < -0.4 is 10.6 Å². The first-order valence-corrected chi connectivity index (χ1v) is 6.21. The number of carboxylic acid groups (broad SMARTS) is 1. The van der Waals surface area contributed by atoms with E-state index in [0.29, 0.717) is 19.6 Å². The largest absolute Gasteiger partial charge is 0.480 e. The number of ether oxygens (including phenoxy) is 1. The van der Waals surface area contributed by atoms with Crippen LogP contribution in [0.5, 0.6) is 0 Å². The van der Waals surface area contributed by atoms with Crippen molar-refractivity contribution in [3.05, 3.63) is 0 Å². The monoisotopic (exact) mass is 260 g/mol. The lowest BCUT2D eigenvalue weighted by Crippen LogP contribution is -2.47. The summed E-state index contributed by atoms with van der Waals surface area (Å²) in [5.74, 6) is -0.812. The smallest absolute Gasteiger partial charge is 0.326 e. The lowest BCUT2D eigenvalue weighted by Gasteiger charge is -2.17. The third-order valence-corrected chi connectivity index (χ3v) is 2.15. The molecule has 0 aromatic rings. The van der Waals surface area contributed by atoms with Crippen LogP contribution in [-0.4, -0.2) is 42.4 Å². The molecular formula is C12H24N2O4. The van der Waals surface area contributed by atoms with Crippen LogP contribution >= 0.6 is 0 Å². The van der Waals surface area contributed by atoms with Gasteiger partial charge in [0.05, 0.1) is 12.7 Å². The minimum Gasteiger partial charge on any atom is -0.480 e. The minimum atomic E-state index is -1.02. The Morgan fingerprint density at radius 2 is 1.83 bits per heavy atom. The highest BCUT2D eigenvalue weighted by atomic mass is 16.5. The number of amides is 2. The Morgan fingerprint density at radius 3 is 2.28 bits per heavy atom. The van der Waals surface area contributed by atoms with E-state index in [1.165, 1.54) is 0 Å². The summed E-state index contributed by atoms with van der Waals surface area (Å²) in [6, 6.07) is -1.33. The molecule has 0 aliphatic heterocycles. The van der Waals surface area contributed by atoms with E-state index in [4.69, 9.17) is 9.84 Å². The summed E-state index contributed by atoms with van der Waals surface area (Å²) >= 11 is 0. The number of rotatable bonds is 8. The van der Waals surface area contributed by atoms with Gasteiger partial charge in [0, 0.05) is 6.54 Å². The van der Waals surface area contributed by atoms with Crippen LogP contribution in [-0.2, 0) is 9.53 Å². The highest BCUT2D eigenvalue weighted by Gasteiger charge is 2.20. The predicted octanol–water partition coefficient (Wildman–Crippen LogP) is 1.21. The van der Waals surface area contributed by atoms with Crippen molar-refractivity contribution in [2.24, 2.45) is 5.92 Å². The van der Waals surface area contributed by atoms with Gasteiger partial charge in [-0.3, -0.25) is 0 Å². The van der Waals surface area contributed by atoms with Gasteiger partial charge in [0.25, 0.3) is 0 Å². The van der Waals surface area contributed by atoms with Crippen LogP contribution in [0.25, 0.3) is 0 Å². The van der Waals surface area contributed by atoms with E-state index in [1.54, 1.807) is 0 Å². The lowest BCUT2D eigenvalue weighted by atomic mass is 10.0. The average Bonchev–Trinajstić information content (AvgIpc) is 2.22. The fraction of sp³-hybridized carbons (Fsp3) is 0.833. The second-order valence-corrected chi connectivity index (χ2v) is 4.84. The highest BCUT2D eigenvalue weighted by molar-refractivity contribution is 5.82. The molecule has 2 amide bonds. The quantitative estimate of drug-likeness (QED) is 0.572. The van der Waals surface area contributed by atoms with Gasteiger partial charge < -0.3 is 20.5 Å². The van der Waals surface area contributed by atoms with Crippen molar-refractivity contribution < 1.29 is 19.4 Å². The number of nitrogens with one attached hydrogen (secondary N) is 2. The molecule has 0 rings (SSSR count). The average molecular weight is 260 g/mol. The standard InChI is InChI=1S/C12H24N2O4/c1-8(2)7-10(11(15)16)14-12(17)13-5-6-18-9(3)4/h8-10H,5-7H2,1-4H3,(H,15,16)(H2,13,14,17). The molecule has 1 atom stereocenters. The lowest BCUT2D eigenvalue weighted by molar-refractivity contribution is -0.139. The molecule has 0 radical (unpaired) electrons. The molecule has 0 aliphatic rings. The van der Waals surface area contributed by atoms with Gasteiger partial charge in [-0.1, -0.05) is 13.8 Å². The summed E-state index contributed by atoms with van der Waals surface area (Å²) in [5.41, 5.74) is 0. The molecule has 0 aliphatic carbocycles. The first kappa shape index (κ1) is 16.7. The maximum atomic E-state index is 11.4. The summed E-state index contributed by atoms with van der Waals surface area (Å²) in [4.78, 5) is 22.4. The molecule has 6 heteroatoms.